The standard InChI is InChI=1S/C14H24N4O9/c1-5(19)10(15)12(24)16-4-8(21)18-11(6(2)20)13(25)17-7(14(26)27)3-9(22)23/h5-7,10-11,19-20H,3-4,15H2,1-2H3,(H,16,24)(H,17,25)(H,18,21)(H,22,23)(H,26,27). The van der Waals surface area contributed by atoms with Crippen LogP contribution in [0.15, 0.2) is 0 Å². The minimum atomic E-state index is -1.77. The zero-order valence-corrected chi connectivity index (χ0v) is 14.7. The molecule has 0 rings (SSSR count). The minimum absolute atomic E-state index is 0.632. The Kier molecular flexibility index (Phi) is 9.92. The van der Waals surface area contributed by atoms with Gasteiger partial charge in [-0.15, -0.1) is 0 Å². The van der Waals surface area contributed by atoms with Crippen molar-refractivity contribution in [3.05, 3.63) is 0 Å². The summed E-state index contributed by atoms with van der Waals surface area (Å²) < 4.78 is 0. The maximum Gasteiger partial charge on any atom is 0.326 e. The number of carboxylic acids is 2. The molecule has 0 heterocycles. The summed E-state index contributed by atoms with van der Waals surface area (Å²) in [5, 5.41) is 42.4. The highest BCUT2D eigenvalue weighted by Gasteiger charge is 2.31. The van der Waals surface area contributed by atoms with Crippen LogP contribution in [0, 0.1) is 0 Å². The molecule has 0 aliphatic rings. The molecule has 0 aromatic rings. The fourth-order valence-corrected chi connectivity index (χ4v) is 1.77. The molecular formula is C14H24N4O9. The lowest BCUT2D eigenvalue weighted by Crippen LogP contribution is -2.57. The van der Waals surface area contributed by atoms with Crippen molar-refractivity contribution >= 4 is 29.7 Å². The number of aliphatic hydroxyl groups is 2. The Morgan fingerprint density at radius 2 is 1.48 bits per heavy atom. The van der Waals surface area contributed by atoms with Gasteiger partial charge in [0, 0.05) is 0 Å². The lowest BCUT2D eigenvalue weighted by Gasteiger charge is -2.23. The Balaban J connectivity index is 4.85. The minimum Gasteiger partial charge on any atom is -0.481 e. The van der Waals surface area contributed by atoms with Crippen molar-refractivity contribution < 1.29 is 44.4 Å². The van der Waals surface area contributed by atoms with Crippen LogP contribution in [0.2, 0.25) is 0 Å². The second-order valence-corrected chi connectivity index (χ2v) is 5.77. The topological polar surface area (TPSA) is 228 Å². The van der Waals surface area contributed by atoms with E-state index in [9.17, 15) is 34.2 Å². The van der Waals surface area contributed by atoms with Crippen LogP contribution in [-0.2, 0) is 24.0 Å². The van der Waals surface area contributed by atoms with Crippen molar-refractivity contribution in [2.75, 3.05) is 6.54 Å². The number of hydrogen-bond acceptors (Lipinski definition) is 8. The van der Waals surface area contributed by atoms with Gasteiger partial charge in [0.2, 0.25) is 17.7 Å². The molecule has 0 saturated carbocycles. The molecule has 0 aromatic heterocycles. The Bertz CT molecular complexity index is 579. The predicted molar refractivity (Wildman–Crippen MR) is 88.1 cm³/mol. The van der Waals surface area contributed by atoms with Crippen molar-refractivity contribution in [2.45, 2.75) is 50.6 Å². The van der Waals surface area contributed by atoms with Crippen molar-refractivity contribution in [3.63, 3.8) is 0 Å². The van der Waals surface area contributed by atoms with E-state index in [0.29, 0.717) is 0 Å². The quantitative estimate of drug-likeness (QED) is 0.169. The zero-order valence-electron chi connectivity index (χ0n) is 14.7. The Hall–Kier alpha value is -2.77. The predicted octanol–water partition coefficient (Wildman–Crippen LogP) is -4.28. The number of hydrogen-bond donors (Lipinski definition) is 8. The van der Waals surface area contributed by atoms with Crippen LogP contribution < -0.4 is 21.7 Å². The van der Waals surface area contributed by atoms with Gasteiger partial charge in [-0.05, 0) is 13.8 Å². The summed E-state index contributed by atoms with van der Waals surface area (Å²) in [4.78, 5) is 57.0. The van der Waals surface area contributed by atoms with Gasteiger partial charge in [-0.3, -0.25) is 19.2 Å². The molecule has 0 spiro atoms. The first-order valence-corrected chi connectivity index (χ1v) is 7.80. The van der Waals surface area contributed by atoms with Crippen LogP contribution in [0.1, 0.15) is 20.3 Å². The number of nitrogens with one attached hydrogen (secondary N) is 3. The monoisotopic (exact) mass is 392 g/mol. The molecule has 9 N–H and O–H groups in total. The van der Waals surface area contributed by atoms with Gasteiger partial charge < -0.3 is 42.1 Å². The van der Waals surface area contributed by atoms with Crippen LogP contribution in [0.3, 0.4) is 0 Å². The molecule has 13 nitrogen and oxygen atoms in total. The maximum absolute atomic E-state index is 12.1. The van der Waals surface area contributed by atoms with Crippen molar-refractivity contribution in [1.29, 1.82) is 0 Å². The number of carboxylic acid groups (broad SMARTS) is 2. The Morgan fingerprint density at radius 3 is 1.89 bits per heavy atom. The summed E-state index contributed by atoms with van der Waals surface area (Å²) in [7, 11) is 0. The van der Waals surface area contributed by atoms with E-state index in [1.807, 2.05) is 5.32 Å². The van der Waals surface area contributed by atoms with Gasteiger partial charge in [0.05, 0.1) is 25.2 Å². The van der Waals surface area contributed by atoms with Crippen molar-refractivity contribution in [2.24, 2.45) is 5.73 Å². The summed E-state index contributed by atoms with van der Waals surface area (Å²) in [6, 6.07) is -4.65. The molecule has 154 valence electrons. The van der Waals surface area contributed by atoms with E-state index in [2.05, 4.69) is 10.6 Å². The molecule has 13 heteroatoms. The second kappa shape index (κ2) is 11.1. The Labute approximate surface area is 153 Å². The fourth-order valence-electron chi connectivity index (χ4n) is 1.77. The number of rotatable bonds is 11. The van der Waals surface area contributed by atoms with E-state index in [-0.39, 0.29) is 0 Å². The SMILES string of the molecule is CC(O)C(N)C(=O)NCC(=O)NC(C(=O)NC(CC(=O)O)C(=O)O)C(C)O. The first kappa shape index (κ1) is 24.2. The molecule has 0 bridgehead atoms. The molecule has 5 atom stereocenters. The lowest BCUT2D eigenvalue weighted by atomic mass is 10.1. The third kappa shape index (κ3) is 8.94. The molecular weight excluding hydrogens is 368 g/mol. The molecule has 0 saturated heterocycles. The van der Waals surface area contributed by atoms with Crippen LogP contribution in [0.25, 0.3) is 0 Å². The average Bonchev–Trinajstić information content (AvgIpc) is 2.54. The largest absolute Gasteiger partial charge is 0.481 e. The van der Waals surface area contributed by atoms with Crippen molar-refractivity contribution in [3.8, 4) is 0 Å². The van der Waals surface area contributed by atoms with Gasteiger partial charge in [0.1, 0.15) is 18.1 Å². The third-order valence-electron chi connectivity index (χ3n) is 3.32. The molecule has 0 aliphatic carbocycles. The molecule has 0 aliphatic heterocycles. The van der Waals surface area contributed by atoms with E-state index in [4.69, 9.17) is 15.9 Å². The summed E-state index contributed by atoms with van der Waals surface area (Å²) >= 11 is 0. The highest BCUT2D eigenvalue weighted by atomic mass is 16.4. The summed E-state index contributed by atoms with van der Waals surface area (Å²) in [6.45, 7) is 1.78. The van der Waals surface area contributed by atoms with Crippen molar-refractivity contribution in [1.82, 2.24) is 16.0 Å². The van der Waals surface area contributed by atoms with Gasteiger partial charge in [-0.1, -0.05) is 0 Å². The van der Waals surface area contributed by atoms with Gasteiger partial charge in [0.25, 0.3) is 0 Å². The number of aliphatic hydroxyl groups excluding tert-OH is 2. The van der Waals surface area contributed by atoms with E-state index >= 15 is 0 Å². The summed E-state index contributed by atoms with van der Waals surface area (Å²) in [5.74, 6) is -5.95. The van der Waals surface area contributed by atoms with Crippen LogP contribution >= 0.6 is 0 Å². The van der Waals surface area contributed by atoms with Gasteiger partial charge >= 0.3 is 11.9 Å². The van der Waals surface area contributed by atoms with Crippen LogP contribution in [-0.4, -0.2) is 87.0 Å². The van der Waals surface area contributed by atoms with Gasteiger partial charge in [-0.2, -0.15) is 0 Å². The average molecular weight is 392 g/mol. The smallest absolute Gasteiger partial charge is 0.326 e. The zero-order chi connectivity index (χ0) is 21.3. The molecule has 27 heavy (non-hydrogen) atoms. The Morgan fingerprint density at radius 1 is 0.926 bits per heavy atom. The normalized spacial score (nSPS) is 16.2. The van der Waals surface area contributed by atoms with E-state index in [1.165, 1.54) is 6.92 Å². The van der Waals surface area contributed by atoms with E-state index < -0.39 is 73.0 Å². The fraction of sp³-hybridized carbons (Fsp3) is 0.643. The first-order chi connectivity index (χ1) is 12.4. The van der Waals surface area contributed by atoms with E-state index in [1.54, 1.807) is 0 Å². The number of aliphatic carboxylic acids is 2. The maximum atomic E-state index is 12.1. The van der Waals surface area contributed by atoms with Crippen LogP contribution in [0.4, 0.5) is 0 Å². The number of amides is 3. The first-order valence-electron chi connectivity index (χ1n) is 7.80. The van der Waals surface area contributed by atoms with E-state index in [0.717, 1.165) is 6.92 Å². The van der Waals surface area contributed by atoms with Gasteiger partial charge in [-0.25, -0.2) is 4.79 Å². The molecule has 0 fully saturated rings. The number of nitrogens with two attached hydrogens (primary N) is 1. The molecule has 5 unspecified atom stereocenters. The molecule has 0 radical (unpaired) electrons. The second-order valence-electron chi connectivity index (χ2n) is 5.77. The number of carbonyl (C=O) groups is 5. The summed E-state index contributed by atoms with van der Waals surface area (Å²) in [6.07, 6.45) is -3.52. The highest BCUT2D eigenvalue weighted by molar-refractivity contribution is 5.93. The molecule has 0 aromatic carbocycles. The lowest BCUT2D eigenvalue weighted by molar-refractivity contribution is -0.147. The number of carbonyl (C=O) groups excluding carboxylic acids is 3. The summed E-state index contributed by atoms with van der Waals surface area (Å²) in [5.41, 5.74) is 5.37. The van der Waals surface area contributed by atoms with Crippen LogP contribution in [0.5, 0.6) is 0 Å². The third-order valence-corrected chi connectivity index (χ3v) is 3.32. The molecule has 3 amide bonds. The van der Waals surface area contributed by atoms with Gasteiger partial charge in [0.15, 0.2) is 0 Å². The highest BCUT2D eigenvalue weighted by Crippen LogP contribution is 1.99.